The van der Waals surface area contributed by atoms with Crippen molar-refractivity contribution < 1.29 is 9.53 Å². The van der Waals surface area contributed by atoms with Crippen molar-refractivity contribution in [3.8, 4) is 0 Å². The largest absolute Gasteiger partial charge is 0.444 e. The van der Waals surface area contributed by atoms with Crippen molar-refractivity contribution in [1.29, 1.82) is 0 Å². The molecule has 2 atom stereocenters. The molecule has 33 heavy (non-hydrogen) atoms. The van der Waals surface area contributed by atoms with E-state index in [2.05, 4.69) is 45.2 Å². The van der Waals surface area contributed by atoms with Crippen molar-refractivity contribution in [3.05, 3.63) is 64.2 Å². The lowest BCUT2D eigenvalue weighted by molar-refractivity contribution is 0.0175. The summed E-state index contributed by atoms with van der Waals surface area (Å²) in [7, 11) is 0. The number of hydrogen-bond acceptors (Lipinski definition) is 5. The van der Waals surface area contributed by atoms with Crippen molar-refractivity contribution >= 4 is 23.3 Å². The maximum atomic E-state index is 12.8. The zero-order chi connectivity index (χ0) is 23.2. The predicted octanol–water partition coefficient (Wildman–Crippen LogP) is 5.24. The highest BCUT2D eigenvalue weighted by atomic mass is 35.5. The molecule has 1 fully saturated rings. The van der Waals surface area contributed by atoms with Gasteiger partial charge >= 0.3 is 6.09 Å². The minimum absolute atomic E-state index is 0.0520. The van der Waals surface area contributed by atoms with Gasteiger partial charge in [0.15, 0.2) is 0 Å². The molecule has 1 saturated heterocycles. The van der Waals surface area contributed by atoms with Gasteiger partial charge in [0.25, 0.3) is 0 Å². The first-order valence-electron chi connectivity index (χ1n) is 11.8. The number of fused-ring (bicyclic) bond motifs is 3. The van der Waals surface area contributed by atoms with Gasteiger partial charge in [-0.05, 0) is 69.2 Å². The Balaban J connectivity index is 1.38. The van der Waals surface area contributed by atoms with E-state index in [9.17, 15) is 4.79 Å². The van der Waals surface area contributed by atoms with Gasteiger partial charge in [-0.1, -0.05) is 36.4 Å². The average molecular weight is 467 g/mol. The molecule has 2 aromatic rings. The fourth-order valence-corrected chi connectivity index (χ4v) is 5.49. The molecule has 1 aromatic carbocycles. The molecule has 174 valence electrons. The smallest absolute Gasteiger partial charge is 0.411 e. The Kier molecular flexibility index (Phi) is 5.91. The topological polar surface area (TPSA) is 58.6 Å². The maximum Gasteiger partial charge on any atom is 0.411 e. The van der Waals surface area contributed by atoms with Crippen LogP contribution in [0, 0.1) is 0 Å². The quantitative estimate of drug-likeness (QED) is 0.578. The van der Waals surface area contributed by atoms with Gasteiger partial charge in [0, 0.05) is 31.2 Å². The SMILES string of the molecule is CC(C)(C)OC(=O)N1C2C=C(c3nc(Cl)nc4c3CCN(Cc3ccccc3)C4)CC1CC2. The number of ether oxygens (including phenoxy) is 1. The summed E-state index contributed by atoms with van der Waals surface area (Å²) in [5.74, 6) is 0. The minimum atomic E-state index is -0.495. The molecule has 0 spiro atoms. The Hall–Kier alpha value is -2.44. The van der Waals surface area contributed by atoms with E-state index in [1.807, 2.05) is 31.7 Å². The Labute approximate surface area is 200 Å². The Morgan fingerprint density at radius 3 is 2.70 bits per heavy atom. The second-order valence-electron chi connectivity index (χ2n) is 10.3. The first-order valence-corrected chi connectivity index (χ1v) is 12.2. The lowest BCUT2D eigenvalue weighted by Crippen LogP contribution is -2.45. The third kappa shape index (κ3) is 4.78. The highest BCUT2D eigenvalue weighted by Crippen LogP contribution is 2.40. The van der Waals surface area contributed by atoms with Crippen LogP contribution in [0.15, 0.2) is 36.4 Å². The molecule has 1 amide bonds. The lowest BCUT2D eigenvalue weighted by atomic mass is 9.92. The summed E-state index contributed by atoms with van der Waals surface area (Å²) >= 11 is 6.40. The van der Waals surface area contributed by atoms with E-state index in [-0.39, 0.29) is 18.2 Å². The number of carbonyl (C=O) groups excluding carboxylic acids is 1. The van der Waals surface area contributed by atoms with Gasteiger partial charge in [-0.15, -0.1) is 0 Å². The highest BCUT2D eigenvalue weighted by molar-refractivity contribution is 6.28. The molecule has 0 aliphatic carbocycles. The molecule has 4 heterocycles. The van der Waals surface area contributed by atoms with Gasteiger partial charge < -0.3 is 4.74 Å². The van der Waals surface area contributed by atoms with Crippen LogP contribution in [0.25, 0.3) is 5.57 Å². The molecule has 5 rings (SSSR count). The fraction of sp³-hybridized carbons (Fsp3) is 0.500. The van der Waals surface area contributed by atoms with E-state index < -0.39 is 5.60 Å². The van der Waals surface area contributed by atoms with Gasteiger partial charge in [0.2, 0.25) is 5.28 Å². The van der Waals surface area contributed by atoms with Crippen LogP contribution in [0.1, 0.15) is 62.5 Å². The van der Waals surface area contributed by atoms with E-state index in [0.29, 0.717) is 5.28 Å². The molecule has 0 N–H and O–H groups in total. The lowest BCUT2D eigenvalue weighted by Gasteiger charge is -2.36. The molecule has 7 heteroatoms. The number of aromatic nitrogens is 2. The standard InChI is InChI=1S/C26H31ClN4O2/c1-26(2,3)33-25(32)31-19-9-10-20(31)14-18(13-19)23-21-11-12-30(15-17-7-5-4-6-8-17)16-22(21)28-24(27)29-23/h4-8,13,19-20H,9-12,14-16H2,1-3H3. The summed E-state index contributed by atoms with van der Waals surface area (Å²) in [6, 6.07) is 10.7. The summed E-state index contributed by atoms with van der Waals surface area (Å²) in [4.78, 5) is 26.4. The van der Waals surface area contributed by atoms with Crippen LogP contribution in [-0.2, 0) is 24.2 Å². The first-order chi connectivity index (χ1) is 15.8. The molecule has 3 aliphatic rings. The summed E-state index contributed by atoms with van der Waals surface area (Å²) in [5.41, 5.74) is 5.21. The first kappa shape index (κ1) is 22.4. The van der Waals surface area contributed by atoms with Crippen molar-refractivity contribution in [2.45, 2.75) is 77.2 Å². The van der Waals surface area contributed by atoms with Crippen LogP contribution in [0.4, 0.5) is 4.79 Å². The molecule has 2 unspecified atom stereocenters. The normalized spacial score (nSPS) is 22.7. The Morgan fingerprint density at radius 1 is 1.18 bits per heavy atom. The second-order valence-corrected chi connectivity index (χ2v) is 10.6. The van der Waals surface area contributed by atoms with Crippen LogP contribution in [0.2, 0.25) is 5.28 Å². The van der Waals surface area contributed by atoms with E-state index in [1.165, 1.54) is 16.7 Å². The van der Waals surface area contributed by atoms with E-state index >= 15 is 0 Å². The number of carbonyl (C=O) groups is 1. The van der Waals surface area contributed by atoms with Crippen molar-refractivity contribution in [2.24, 2.45) is 0 Å². The summed E-state index contributed by atoms with van der Waals surface area (Å²) in [5, 5.41) is 0.299. The Bertz CT molecular complexity index is 1080. The highest BCUT2D eigenvalue weighted by Gasteiger charge is 2.42. The molecular formula is C26H31ClN4O2. The molecular weight excluding hydrogens is 436 g/mol. The van der Waals surface area contributed by atoms with Gasteiger partial charge in [0.1, 0.15) is 5.60 Å². The van der Waals surface area contributed by atoms with E-state index in [0.717, 1.165) is 56.7 Å². The maximum absolute atomic E-state index is 12.8. The fourth-order valence-electron chi connectivity index (χ4n) is 5.30. The van der Waals surface area contributed by atoms with Crippen LogP contribution in [0.3, 0.4) is 0 Å². The second kappa shape index (κ2) is 8.73. The molecule has 0 radical (unpaired) electrons. The molecule has 2 bridgehead atoms. The van der Waals surface area contributed by atoms with Crippen LogP contribution in [0.5, 0.6) is 0 Å². The summed E-state index contributed by atoms with van der Waals surface area (Å²) in [6.45, 7) is 8.36. The number of nitrogens with zero attached hydrogens (tertiary/aromatic N) is 4. The number of hydrogen-bond donors (Lipinski definition) is 0. The van der Waals surface area contributed by atoms with Gasteiger partial charge in [-0.3, -0.25) is 9.80 Å². The molecule has 0 saturated carbocycles. The third-order valence-electron chi connectivity index (χ3n) is 6.67. The number of amides is 1. The minimum Gasteiger partial charge on any atom is -0.444 e. The number of benzene rings is 1. The zero-order valence-electron chi connectivity index (χ0n) is 19.6. The summed E-state index contributed by atoms with van der Waals surface area (Å²) in [6.07, 6.45) is 5.61. The third-order valence-corrected chi connectivity index (χ3v) is 6.84. The monoisotopic (exact) mass is 466 g/mol. The number of rotatable bonds is 3. The van der Waals surface area contributed by atoms with Gasteiger partial charge in [-0.25, -0.2) is 14.8 Å². The van der Waals surface area contributed by atoms with Crippen molar-refractivity contribution in [2.75, 3.05) is 6.54 Å². The Morgan fingerprint density at radius 2 is 1.97 bits per heavy atom. The van der Waals surface area contributed by atoms with E-state index in [4.69, 9.17) is 16.3 Å². The van der Waals surface area contributed by atoms with Crippen LogP contribution in [-0.4, -0.2) is 50.1 Å². The van der Waals surface area contributed by atoms with E-state index in [1.54, 1.807) is 0 Å². The van der Waals surface area contributed by atoms with Crippen LogP contribution >= 0.6 is 11.6 Å². The zero-order valence-corrected chi connectivity index (χ0v) is 20.3. The van der Waals surface area contributed by atoms with Crippen LogP contribution < -0.4 is 0 Å². The van der Waals surface area contributed by atoms with Gasteiger partial charge in [0.05, 0.1) is 17.4 Å². The summed E-state index contributed by atoms with van der Waals surface area (Å²) < 4.78 is 5.67. The molecule has 6 nitrogen and oxygen atoms in total. The predicted molar refractivity (Wildman–Crippen MR) is 129 cm³/mol. The van der Waals surface area contributed by atoms with Crippen molar-refractivity contribution in [3.63, 3.8) is 0 Å². The van der Waals surface area contributed by atoms with Crippen molar-refractivity contribution in [1.82, 2.24) is 19.8 Å². The molecule has 1 aromatic heterocycles. The van der Waals surface area contributed by atoms with Gasteiger partial charge in [-0.2, -0.15) is 0 Å². The number of halogens is 1. The average Bonchev–Trinajstić information content (AvgIpc) is 3.02. The molecule has 3 aliphatic heterocycles.